The molecule has 15 heteroatoms. The van der Waals surface area contributed by atoms with E-state index in [9.17, 15) is 26.8 Å². The van der Waals surface area contributed by atoms with Crippen molar-refractivity contribution in [2.45, 2.75) is 50.7 Å². The lowest BCUT2D eigenvalue weighted by atomic mass is 10.1. The summed E-state index contributed by atoms with van der Waals surface area (Å²) in [5.74, 6) is -1.27. The molecule has 0 aliphatic carbocycles. The van der Waals surface area contributed by atoms with Crippen molar-refractivity contribution in [2.75, 3.05) is 77.6 Å². The van der Waals surface area contributed by atoms with Gasteiger partial charge in [0.15, 0.2) is 0 Å². The van der Waals surface area contributed by atoms with E-state index >= 15 is 0 Å². The Labute approximate surface area is 263 Å². The Morgan fingerprint density at radius 3 is 2.47 bits per heavy atom. The van der Waals surface area contributed by atoms with Gasteiger partial charge < -0.3 is 30.6 Å². The molecule has 4 N–H and O–H groups in total. The number of sulfonamides is 1. The predicted molar refractivity (Wildman–Crippen MR) is 168 cm³/mol. The summed E-state index contributed by atoms with van der Waals surface area (Å²) in [7, 11) is -4.06. The Morgan fingerprint density at radius 2 is 1.82 bits per heavy atom. The van der Waals surface area contributed by atoms with Crippen LogP contribution in [0.25, 0.3) is 0 Å². The molecule has 2 aliphatic heterocycles. The molecule has 250 valence electrons. The van der Waals surface area contributed by atoms with Crippen molar-refractivity contribution in [3.8, 4) is 5.75 Å². The number of hydrogen-bond donors (Lipinski definition) is 3. The van der Waals surface area contributed by atoms with Gasteiger partial charge >= 0.3 is 0 Å². The van der Waals surface area contributed by atoms with Gasteiger partial charge in [0.2, 0.25) is 10.0 Å². The number of nitrogens with zero attached hydrogens (tertiary/aromatic N) is 4. The Hall–Kier alpha value is -3.11. The number of alkyl halides is 2. The Bertz CT molecular complexity index is 1430. The maximum atomic E-state index is 14.2. The number of nitrogens with one attached hydrogen (secondary N) is 2. The van der Waals surface area contributed by atoms with E-state index in [0.29, 0.717) is 51.3 Å². The van der Waals surface area contributed by atoms with Crippen LogP contribution in [-0.2, 0) is 23.0 Å². The molecule has 1 aromatic carbocycles. The van der Waals surface area contributed by atoms with Crippen molar-refractivity contribution < 1.29 is 31.5 Å². The maximum absolute atomic E-state index is 14.2. The number of anilines is 1. The second-order valence-corrected chi connectivity index (χ2v) is 13.0. The van der Waals surface area contributed by atoms with Gasteiger partial charge in [-0.15, -0.1) is 0 Å². The summed E-state index contributed by atoms with van der Waals surface area (Å²) in [4.78, 5) is 30.4. The number of carbonyl (C=O) groups is 2. The summed E-state index contributed by atoms with van der Waals surface area (Å²) in [6.45, 7) is 7.81. The molecule has 0 saturated carbocycles. The summed E-state index contributed by atoms with van der Waals surface area (Å²) in [5.41, 5.74) is 6.44. The first kappa shape index (κ1) is 34.8. The molecule has 0 bridgehead atoms. The minimum Gasteiger partial charge on any atom is -0.493 e. The third-order valence-corrected chi connectivity index (χ3v) is 10.1. The molecule has 0 radical (unpaired) electrons. The van der Waals surface area contributed by atoms with Crippen LogP contribution >= 0.6 is 0 Å². The van der Waals surface area contributed by atoms with Crippen LogP contribution in [0.3, 0.4) is 0 Å². The minimum absolute atomic E-state index is 0.0257. The van der Waals surface area contributed by atoms with Crippen molar-refractivity contribution in [3.63, 3.8) is 0 Å². The molecule has 2 saturated heterocycles. The van der Waals surface area contributed by atoms with Crippen LogP contribution in [0, 0.1) is 0 Å². The summed E-state index contributed by atoms with van der Waals surface area (Å²) in [6, 6.07) is 4.19. The highest BCUT2D eigenvalue weighted by Crippen LogP contribution is 2.31. The number of nitrogens with two attached hydrogens (primary N) is 1. The highest BCUT2D eigenvalue weighted by molar-refractivity contribution is 7.89. The first-order chi connectivity index (χ1) is 21.7. The molecule has 4 rings (SSSR count). The quantitative estimate of drug-likeness (QED) is 0.265. The molecule has 1 aromatic heterocycles. The third-order valence-electron chi connectivity index (χ3n) is 8.26. The molecule has 12 nitrogen and oxygen atoms in total. The molecular formula is C30H45F2N7O5S. The molecule has 45 heavy (non-hydrogen) atoms. The van der Waals surface area contributed by atoms with Crippen LogP contribution in [0.15, 0.2) is 29.3 Å². The predicted octanol–water partition coefficient (Wildman–Crippen LogP) is 2.06. The zero-order chi connectivity index (χ0) is 32.6. The summed E-state index contributed by atoms with van der Waals surface area (Å²) >= 11 is 0. The lowest BCUT2D eigenvalue weighted by Gasteiger charge is -2.45. The molecule has 0 spiro atoms. The zero-order valence-corrected chi connectivity index (χ0v) is 26.9. The number of rotatable bonds is 15. The van der Waals surface area contributed by atoms with E-state index in [0.717, 1.165) is 13.1 Å². The van der Waals surface area contributed by atoms with Crippen LogP contribution in [0.5, 0.6) is 5.75 Å². The fraction of sp³-hybridized carbons (Fsp3) is 0.600. The van der Waals surface area contributed by atoms with E-state index in [1.807, 2.05) is 6.92 Å². The SMILES string of the molecule is CCOc1ccc(S(=O)(=O)N2CCNCC2N2CCN(CCCF)CC2)cc1C(=O)Nc1c(CCCF)cn(CC)c1C(N)=O. The number of hydrogen-bond acceptors (Lipinski definition) is 8. The Balaban J connectivity index is 1.64. The van der Waals surface area contributed by atoms with Gasteiger partial charge in [0.1, 0.15) is 11.4 Å². The van der Waals surface area contributed by atoms with E-state index in [1.165, 1.54) is 22.5 Å². The molecule has 2 amide bonds. The molecule has 2 fully saturated rings. The van der Waals surface area contributed by atoms with Crippen LogP contribution in [-0.4, -0.2) is 117 Å². The fourth-order valence-corrected chi connectivity index (χ4v) is 7.63. The van der Waals surface area contributed by atoms with Crippen LogP contribution in [0.1, 0.15) is 53.1 Å². The number of carbonyl (C=O) groups excluding carboxylic acids is 2. The number of benzene rings is 1. The fourth-order valence-electron chi connectivity index (χ4n) is 5.99. The highest BCUT2D eigenvalue weighted by Gasteiger charge is 2.38. The number of halogens is 2. The van der Waals surface area contributed by atoms with Crippen molar-refractivity contribution in [2.24, 2.45) is 5.73 Å². The summed E-state index contributed by atoms with van der Waals surface area (Å²) in [6.07, 6.45) is 2.17. The average Bonchev–Trinajstić information content (AvgIpc) is 3.40. The van der Waals surface area contributed by atoms with Gasteiger partial charge in [-0.3, -0.25) is 23.3 Å². The van der Waals surface area contributed by atoms with Gasteiger partial charge in [-0.2, -0.15) is 4.31 Å². The summed E-state index contributed by atoms with van der Waals surface area (Å²) in [5, 5.41) is 6.06. The van der Waals surface area contributed by atoms with Gasteiger partial charge in [-0.05, 0) is 56.9 Å². The smallest absolute Gasteiger partial charge is 0.267 e. The number of piperazine rings is 2. The van der Waals surface area contributed by atoms with Crippen LogP contribution in [0.2, 0.25) is 0 Å². The highest BCUT2D eigenvalue weighted by atomic mass is 32.2. The maximum Gasteiger partial charge on any atom is 0.267 e. The van der Waals surface area contributed by atoms with E-state index in [1.54, 1.807) is 17.7 Å². The Kier molecular flexibility index (Phi) is 12.3. The molecule has 1 atom stereocenters. The lowest BCUT2D eigenvalue weighted by Crippen LogP contribution is -2.63. The van der Waals surface area contributed by atoms with Gasteiger partial charge in [0.05, 0.1) is 42.3 Å². The zero-order valence-electron chi connectivity index (χ0n) is 26.1. The number of amides is 2. The molecule has 2 aromatic rings. The molecule has 2 aliphatic rings. The number of ether oxygens (including phenoxy) is 1. The summed E-state index contributed by atoms with van der Waals surface area (Å²) < 4.78 is 62.8. The Morgan fingerprint density at radius 1 is 1.09 bits per heavy atom. The number of aromatic nitrogens is 1. The van der Waals surface area contributed by atoms with Gasteiger partial charge in [0.25, 0.3) is 11.8 Å². The first-order valence-electron chi connectivity index (χ1n) is 15.6. The second-order valence-electron chi connectivity index (χ2n) is 11.1. The van der Waals surface area contributed by atoms with Gasteiger partial charge in [-0.1, -0.05) is 0 Å². The monoisotopic (exact) mass is 653 g/mol. The molecule has 3 heterocycles. The largest absolute Gasteiger partial charge is 0.493 e. The average molecular weight is 654 g/mol. The molecular weight excluding hydrogens is 608 g/mol. The van der Waals surface area contributed by atoms with Crippen LogP contribution in [0.4, 0.5) is 14.5 Å². The van der Waals surface area contributed by atoms with Crippen molar-refractivity contribution in [1.82, 2.24) is 24.0 Å². The lowest BCUT2D eigenvalue weighted by molar-refractivity contribution is 0.0337. The van der Waals surface area contributed by atoms with E-state index < -0.39 is 34.7 Å². The number of aryl methyl sites for hydroxylation is 2. The van der Waals surface area contributed by atoms with Crippen molar-refractivity contribution in [1.29, 1.82) is 0 Å². The van der Waals surface area contributed by atoms with Gasteiger partial charge in [-0.25, -0.2) is 8.42 Å². The second kappa shape index (κ2) is 15.9. The van der Waals surface area contributed by atoms with E-state index in [2.05, 4.69) is 20.4 Å². The first-order valence-corrected chi connectivity index (χ1v) is 17.0. The van der Waals surface area contributed by atoms with Crippen LogP contribution < -0.4 is 21.1 Å². The van der Waals surface area contributed by atoms with Crippen molar-refractivity contribution in [3.05, 3.63) is 41.2 Å². The van der Waals surface area contributed by atoms with E-state index in [-0.39, 0.29) is 60.3 Å². The number of primary amides is 1. The molecule has 1 unspecified atom stereocenters. The third kappa shape index (κ3) is 8.01. The van der Waals surface area contributed by atoms with Crippen molar-refractivity contribution >= 4 is 27.5 Å². The van der Waals surface area contributed by atoms with Gasteiger partial charge in [0, 0.05) is 65.1 Å². The standard InChI is InChI=1S/C30H45F2N7O5S/c1-3-37-21-22(7-5-10-31)27(28(37)29(33)40)35-30(41)24-19-23(8-9-25(24)44-4-2)45(42,43)39-14-12-34-20-26(39)38-17-15-36(16-18-38)13-6-11-32/h8-9,19,21,26,34H,3-7,10-18,20H2,1-2H3,(H2,33,40)(H,35,41). The minimum atomic E-state index is -4.06. The normalized spacial score (nSPS) is 18.6. The topological polar surface area (TPSA) is 142 Å². The van der Waals surface area contributed by atoms with E-state index in [4.69, 9.17) is 10.5 Å².